The van der Waals surface area contributed by atoms with E-state index in [-0.39, 0.29) is 17.3 Å². The van der Waals surface area contributed by atoms with E-state index >= 15 is 0 Å². The summed E-state index contributed by atoms with van der Waals surface area (Å²) in [5.41, 5.74) is 0.938. The van der Waals surface area contributed by atoms with Crippen LogP contribution in [0.15, 0.2) is 24.3 Å². The Morgan fingerprint density at radius 2 is 1.57 bits per heavy atom. The molecule has 8 heteroatoms. The van der Waals surface area contributed by atoms with E-state index in [1.54, 1.807) is 12.1 Å². The van der Waals surface area contributed by atoms with Crippen LogP contribution >= 0.6 is 0 Å². The third-order valence-corrected chi connectivity index (χ3v) is 6.37. The fourth-order valence-electron chi connectivity index (χ4n) is 4.60. The third-order valence-electron chi connectivity index (χ3n) is 6.37. The number of hydrogen-bond donors (Lipinski definition) is 2. The lowest BCUT2D eigenvalue weighted by Crippen LogP contribution is -2.30. The lowest BCUT2D eigenvalue weighted by atomic mass is 9.86. The van der Waals surface area contributed by atoms with Crippen molar-refractivity contribution in [3.05, 3.63) is 29.8 Å². The lowest BCUT2D eigenvalue weighted by molar-refractivity contribution is -0.167. The largest absolute Gasteiger partial charge is 0.471 e. The van der Waals surface area contributed by atoms with Gasteiger partial charge in [0, 0.05) is 12.1 Å². The summed E-state index contributed by atoms with van der Waals surface area (Å²) in [6.45, 7) is 7.68. The second kappa shape index (κ2) is 13.9. The van der Waals surface area contributed by atoms with Crippen LogP contribution in [0.25, 0.3) is 0 Å². The Kier molecular flexibility index (Phi) is 11.5. The summed E-state index contributed by atoms with van der Waals surface area (Å²) in [6.07, 6.45) is 6.90. The van der Waals surface area contributed by atoms with Gasteiger partial charge in [-0.25, -0.2) is 0 Å². The topological polar surface area (TPSA) is 67.4 Å². The zero-order chi connectivity index (χ0) is 25.9. The summed E-state index contributed by atoms with van der Waals surface area (Å²) in [4.78, 5) is 22.3. The minimum Gasteiger partial charge on any atom is -0.460 e. The molecule has 0 aromatic heterocycles. The van der Waals surface area contributed by atoms with Crippen LogP contribution in [0.2, 0.25) is 0 Å². The zero-order valence-corrected chi connectivity index (χ0v) is 21.3. The Morgan fingerprint density at radius 3 is 2.11 bits per heavy atom. The molecule has 1 aromatic rings. The molecule has 198 valence electrons. The van der Waals surface area contributed by atoms with Gasteiger partial charge in [0.25, 0.3) is 0 Å². The molecule has 0 spiro atoms. The van der Waals surface area contributed by atoms with E-state index in [0.717, 1.165) is 43.8 Å². The number of carbonyl (C=O) groups is 2. The van der Waals surface area contributed by atoms with Gasteiger partial charge in [-0.05, 0) is 89.1 Å². The van der Waals surface area contributed by atoms with Crippen LogP contribution in [0, 0.1) is 5.92 Å². The summed E-state index contributed by atoms with van der Waals surface area (Å²) in [5, 5.41) is 5.09. The molecular weight excluding hydrogens is 457 g/mol. The molecule has 1 amide bonds. The van der Waals surface area contributed by atoms with Crippen molar-refractivity contribution < 1.29 is 27.5 Å². The molecule has 2 fully saturated rings. The van der Waals surface area contributed by atoms with Crippen LogP contribution in [-0.2, 0) is 14.3 Å². The van der Waals surface area contributed by atoms with E-state index in [2.05, 4.69) is 5.32 Å². The van der Waals surface area contributed by atoms with Crippen molar-refractivity contribution in [3.63, 3.8) is 0 Å². The highest BCUT2D eigenvalue weighted by molar-refractivity contribution is 5.94. The van der Waals surface area contributed by atoms with Crippen molar-refractivity contribution in [2.45, 2.75) is 103 Å². The number of ether oxygens (including phenoxy) is 1. The predicted molar refractivity (Wildman–Crippen MR) is 132 cm³/mol. The number of anilines is 1. The van der Waals surface area contributed by atoms with E-state index in [9.17, 15) is 22.8 Å². The number of esters is 1. The van der Waals surface area contributed by atoms with Gasteiger partial charge < -0.3 is 15.4 Å². The summed E-state index contributed by atoms with van der Waals surface area (Å²) in [7, 11) is 0. The van der Waals surface area contributed by atoms with Gasteiger partial charge in [0.15, 0.2) is 0 Å². The molecule has 1 saturated heterocycles. The average molecular weight is 499 g/mol. The molecule has 0 bridgehead atoms. The highest BCUT2D eigenvalue weighted by Crippen LogP contribution is 2.28. The van der Waals surface area contributed by atoms with Gasteiger partial charge in [0.1, 0.15) is 5.60 Å². The zero-order valence-electron chi connectivity index (χ0n) is 21.3. The van der Waals surface area contributed by atoms with Gasteiger partial charge in [0.05, 0.1) is 0 Å². The standard InChI is InChI=1S/C14H26O2.C13H15F3N2O/c1-14(2,3)16-13(15)11-7-10-12-8-5-4-6-9-12;14-13(15,16)12(19)18-11-3-1-9(2-4-11)10-5-7-17-8-6-10/h12H,4-11H2,1-3H3;1-4,10,17H,5-8H2,(H,18,19). The Hall–Kier alpha value is -2.09. The van der Waals surface area contributed by atoms with Gasteiger partial charge in [-0.15, -0.1) is 0 Å². The fraction of sp³-hybridized carbons (Fsp3) is 0.704. The summed E-state index contributed by atoms with van der Waals surface area (Å²) >= 11 is 0. The maximum atomic E-state index is 12.1. The minimum atomic E-state index is -4.85. The monoisotopic (exact) mass is 498 g/mol. The molecule has 35 heavy (non-hydrogen) atoms. The lowest BCUT2D eigenvalue weighted by Gasteiger charge is -2.23. The molecule has 1 heterocycles. The number of benzene rings is 1. The van der Waals surface area contributed by atoms with Crippen molar-refractivity contribution in [1.29, 1.82) is 0 Å². The molecule has 0 atom stereocenters. The predicted octanol–water partition coefficient (Wildman–Crippen LogP) is 6.73. The number of rotatable bonds is 6. The molecule has 0 unspecified atom stereocenters. The second-order valence-electron chi connectivity index (χ2n) is 10.6. The number of carbonyl (C=O) groups excluding carboxylic acids is 2. The van der Waals surface area contributed by atoms with Crippen LogP contribution in [0.1, 0.15) is 96.5 Å². The highest BCUT2D eigenvalue weighted by Gasteiger charge is 2.38. The number of alkyl halides is 3. The number of nitrogens with one attached hydrogen (secondary N) is 2. The number of hydrogen-bond acceptors (Lipinski definition) is 4. The fourth-order valence-corrected chi connectivity index (χ4v) is 4.60. The molecule has 1 aliphatic heterocycles. The minimum absolute atomic E-state index is 0.0386. The first-order chi connectivity index (χ1) is 16.4. The van der Waals surface area contributed by atoms with Crippen molar-refractivity contribution in [3.8, 4) is 0 Å². The Balaban J connectivity index is 0.000000251. The van der Waals surface area contributed by atoms with Crippen molar-refractivity contribution >= 4 is 17.6 Å². The van der Waals surface area contributed by atoms with E-state index in [1.165, 1.54) is 50.7 Å². The molecule has 1 saturated carbocycles. The van der Waals surface area contributed by atoms with E-state index < -0.39 is 12.1 Å². The van der Waals surface area contributed by atoms with Crippen LogP contribution in [-0.4, -0.2) is 36.7 Å². The smallest absolute Gasteiger partial charge is 0.460 e. The van der Waals surface area contributed by atoms with Crippen molar-refractivity contribution in [2.24, 2.45) is 5.92 Å². The SMILES string of the molecule is CC(C)(C)OC(=O)CCCC1CCCCC1.O=C(Nc1ccc(C2CCNCC2)cc1)C(F)(F)F. The number of amides is 1. The van der Waals surface area contributed by atoms with Crippen LogP contribution in [0.4, 0.5) is 18.9 Å². The van der Waals surface area contributed by atoms with Gasteiger partial charge in [-0.3, -0.25) is 9.59 Å². The van der Waals surface area contributed by atoms with E-state index in [1.807, 2.05) is 26.1 Å². The first-order valence-corrected chi connectivity index (χ1v) is 12.8. The molecule has 0 radical (unpaired) electrons. The van der Waals surface area contributed by atoms with E-state index in [4.69, 9.17) is 4.74 Å². The summed E-state index contributed by atoms with van der Waals surface area (Å²) in [6, 6.07) is 6.59. The first-order valence-electron chi connectivity index (χ1n) is 12.8. The van der Waals surface area contributed by atoms with Gasteiger partial charge in [0.2, 0.25) is 0 Å². The molecule has 1 aliphatic carbocycles. The van der Waals surface area contributed by atoms with Crippen LogP contribution < -0.4 is 10.6 Å². The molecule has 1 aromatic carbocycles. The molecule has 2 aliphatic rings. The molecule has 3 rings (SSSR count). The third kappa shape index (κ3) is 11.9. The van der Waals surface area contributed by atoms with E-state index in [0.29, 0.717) is 12.3 Å². The van der Waals surface area contributed by atoms with Gasteiger partial charge >= 0.3 is 18.1 Å². The molecule has 2 N–H and O–H groups in total. The van der Waals surface area contributed by atoms with Crippen LogP contribution in [0.5, 0.6) is 0 Å². The maximum absolute atomic E-state index is 12.1. The maximum Gasteiger partial charge on any atom is 0.471 e. The Labute approximate surface area is 207 Å². The van der Waals surface area contributed by atoms with Gasteiger partial charge in [-0.2, -0.15) is 13.2 Å². The van der Waals surface area contributed by atoms with Gasteiger partial charge in [-0.1, -0.05) is 44.2 Å². The quantitative estimate of drug-likeness (QED) is 0.427. The highest BCUT2D eigenvalue weighted by atomic mass is 19.4. The average Bonchev–Trinajstić information content (AvgIpc) is 2.79. The number of piperidine rings is 1. The van der Waals surface area contributed by atoms with Crippen molar-refractivity contribution in [2.75, 3.05) is 18.4 Å². The van der Waals surface area contributed by atoms with Crippen LogP contribution in [0.3, 0.4) is 0 Å². The molecular formula is C27H41F3N2O3. The summed E-state index contributed by atoms with van der Waals surface area (Å²) < 4.78 is 41.5. The number of halogens is 3. The first kappa shape index (κ1) is 29.1. The second-order valence-corrected chi connectivity index (χ2v) is 10.6. The Morgan fingerprint density at radius 1 is 0.971 bits per heavy atom. The normalized spacial score (nSPS) is 17.8. The van der Waals surface area contributed by atoms with Crippen molar-refractivity contribution in [1.82, 2.24) is 5.32 Å². The molecule has 5 nitrogen and oxygen atoms in total. The Bertz CT molecular complexity index is 776. The summed E-state index contributed by atoms with van der Waals surface area (Å²) in [5.74, 6) is -0.671.